The number of rotatable bonds is 5. The van der Waals surface area contributed by atoms with Gasteiger partial charge in [0.2, 0.25) is 0 Å². The van der Waals surface area contributed by atoms with Crippen molar-refractivity contribution in [3.8, 4) is 0 Å². The van der Waals surface area contributed by atoms with E-state index in [0.29, 0.717) is 17.8 Å². The molecule has 0 saturated heterocycles. The van der Waals surface area contributed by atoms with Crippen LogP contribution in [0.3, 0.4) is 0 Å². The molecule has 1 aromatic rings. The third-order valence-electron chi connectivity index (χ3n) is 2.61. The van der Waals surface area contributed by atoms with E-state index in [9.17, 15) is 0 Å². The van der Waals surface area contributed by atoms with Gasteiger partial charge in [-0.15, -0.1) is 11.6 Å². The van der Waals surface area contributed by atoms with Crippen LogP contribution >= 0.6 is 27.5 Å². The summed E-state index contributed by atoms with van der Waals surface area (Å²) in [5.41, 5.74) is 1.29. The summed E-state index contributed by atoms with van der Waals surface area (Å²) in [6.07, 6.45) is 0. The fraction of sp³-hybridized carbons (Fsp3) is 0.500. The molecule has 0 bridgehead atoms. The first-order valence-electron chi connectivity index (χ1n) is 5.17. The summed E-state index contributed by atoms with van der Waals surface area (Å²) < 4.78 is 1.12. The van der Waals surface area contributed by atoms with Crippen molar-refractivity contribution in [2.24, 2.45) is 5.92 Å². The molecule has 84 valence electrons. The van der Waals surface area contributed by atoms with Gasteiger partial charge in [-0.05, 0) is 30.5 Å². The molecule has 1 rings (SSSR count). The van der Waals surface area contributed by atoms with E-state index in [4.69, 9.17) is 11.6 Å². The molecule has 0 heterocycles. The van der Waals surface area contributed by atoms with Crippen molar-refractivity contribution in [2.75, 3.05) is 5.88 Å². The monoisotopic (exact) mass is 289 g/mol. The molecule has 1 aromatic carbocycles. The minimum atomic E-state index is 0.446. The van der Waals surface area contributed by atoms with Crippen molar-refractivity contribution in [1.29, 1.82) is 0 Å². The minimum Gasteiger partial charge on any atom is -0.310 e. The molecular weight excluding hydrogens is 273 g/mol. The molecule has 0 saturated carbocycles. The van der Waals surface area contributed by atoms with E-state index in [1.54, 1.807) is 0 Å². The standard InChI is InChI=1S/C12H17BrClN/c1-9(7-14)10(2)15-8-11-4-3-5-12(13)6-11/h3-6,9-10,15H,7-8H2,1-2H3. The number of alkyl halides is 1. The average Bonchev–Trinajstić information content (AvgIpc) is 2.25. The second kappa shape index (κ2) is 6.51. The fourth-order valence-corrected chi connectivity index (χ4v) is 1.97. The Balaban J connectivity index is 2.43. The smallest absolute Gasteiger partial charge is 0.0263 e. The maximum atomic E-state index is 5.81. The Morgan fingerprint density at radius 2 is 2.13 bits per heavy atom. The lowest BCUT2D eigenvalue weighted by Gasteiger charge is -2.19. The summed E-state index contributed by atoms with van der Waals surface area (Å²) in [6, 6.07) is 8.79. The molecule has 0 radical (unpaired) electrons. The predicted molar refractivity (Wildman–Crippen MR) is 70.3 cm³/mol. The van der Waals surface area contributed by atoms with Crippen molar-refractivity contribution in [3.63, 3.8) is 0 Å². The number of benzene rings is 1. The Morgan fingerprint density at radius 1 is 1.40 bits per heavy atom. The summed E-state index contributed by atoms with van der Waals surface area (Å²) in [6.45, 7) is 5.22. The third kappa shape index (κ3) is 4.54. The predicted octanol–water partition coefficient (Wildman–Crippen LogP) is 3.80. The van der Waals surface area contributed by atoms with Crippen molar-refractivity contribution >= 4 is 27.5 Å². The van der Waals surface area contributed by atoms with Gasteiger partial charge >= 0.3 is 0 Å². The summed E-state index contributed by atoms with van der Waals surface area (Å²) >= 11 is 9.27. The van der Waals surface area contributed by atoms with Crippen molar-refractivity contribution < 1.29 is 0 Å². The van der Waals surface area contributed by atoms with E-state index in [0.717, 1.165) is 11.0 Å². The van der Waals surface area contributed by atoms with Gasteiger partial charge in [-0.25, -0.2) is 0 Å². The van der Waals surface area contributed by atoms with Crippen LogP contribution < -0.4 is 5.32 Å². The van der Waals surface area contributed by atoms with Crippen LogP contribution in [0, 0.1) is 5.92 Å². The maximum Gasteiger partial charge on any atom is 0.0263 e. The van der Waals surface area contributed by atoms with Crippen LogP contribution in [-0.4, -0.2) is 11.9 Å². The molecule has 2 unspecified atom stereocenters. The zero-order valence-electron chi connectivity index (χ0n) is 9.13. The zero-order chi connectivity index (χ0) is 11.3. The minimum absolute atomic E-state index is 0.446. The molecule has 1 N–H and O–H groups in total. The first kappa shape index (κ1) is 13.0. The molecule has 1 nitrogen and oxygen atoms in total. The molecule has 2 atom stereocenters. The first-order chi connectivity index (χ1) is 7.13. The quantitative estimate of drug-likeness (QED) is 0.813. The van der Waals surface area contributed by atoms with Crippen LogP contribution in [0.4, 0.5) is 0 Å². The lowest BCUT2D eigenvalue weighted by molar-refractivity contribution is 0.430. The van der Waals surface area contributed by atoms with Gasteiger partial charge in [0, 0.05) is 22.9 Å². The van der Waals surface area contributed by atoms with Gasteiger partial charge in [-0.1, -0.05) is 35.0 Å². The Morgan fingerprint density at radius 3 is 2.73 bits per heavy atom. The van der Waals surface area contributed by atoms with E-state index in [-0.39, 0.29) is 0 Å². The van der Waals surface area contributed by atoms with Crippen molar-refractivity contribution in [3.05, 3.63) is 34.3 Å². The lowest BCUT2D eigenvalue weighted by atomic mass is 10.1. The second-order valence-electron chi connectivity index (χ2n) is 3.93. The second-order valence-corrected chi connectivity index (χ2v) is 5.16. The van der Waals surface area contributed by atoms with E-state index in [1.165, 1.54) is 5.56 Å². The topological polar surface area (TPSA) is 12.0 Å². The summed E-state index contributed by atoms with van der Waals surface area (Å²) in [7, 11) is 0. The van der Waals surface area contributed by atoms with Crippen LogP contribution in [0.15, 0.2) is 28.7 Å². The largest absolute Gasteiger partial charge is 0.310 e. The van der Waals surface area contributed by atoms with Gasteiger partial charge in [0.1, 0.15) is 0 Å². The highest BCUT2D eigenvalue weighted by molar-refractivity contribution is 9.10. The third-order valence-corrected chi connectivity index (χ3v) is 3.59. The van der Waals surface area contributed by atoms with Crippen LogP contribution in [0.1, 0.15) is 19.4 Å². The molecule has 0 aliphatic heterocycles. The highest BCUT2D eigenvalue weighted by Gasteiger charge is 2.09. The molecule has 0 aliphatic carbocycles. The van der Waals surface area contributed by atoms with Gasteiger partial charge < -0.3 is 5.32 Å². The van der Waals surface area contributed by atoms with Crippen molar-refractivity contribution in [1.82, 2.24) is 5.32 Å². The van der Waals surface area contributed by atoms with Gasteiger partial charge in [0.05, 0.1) is 0 Å². The van der Waals surface area contributed by atoms with Crippen LogP contribution in [-0.2, 0) is 6.54 Å². The Kier molecular flexibility index (Phi) is 5.65. The molecule has 3 heteroatoms. The van der Waals surface area contributed by atoms with Crippen LogP contribution in [0.25, 0.3) is 0 Å². The lowest BCUT2D eigenvalue weighted by Crippen LogP contribution is -2.32. The summed E-state index contributed by atoms with van der Waals surface area (Å²) in [5, 5.41) is 3.47. The van der Waals surface area contributed by atoms with Gasteiger partial charge in [-0.2, -0.15) is 0 Å². The molecule has 0 amide bonds. The normalized spacial score (nSPS) is 14.9. The number of hydrogen-bond donors (Lipinski definition) is 1. The fourth-order valence-electron chi connectivity index (χ4n) is 1.26. The molecule has 0 aliphatic rings. The number of halogens is 2. The SMILES string of the molecule is CC(CCl)C(C)NCc1cccc(Br)c1. The first-order valence-corrected chi connectivity index (χ1v) is 6.50. The van der Waals surface area contributed by atoms with E-state index >= 15 is 0 Å². The number of nitrogens with one attached hydrogen (secondary N) is 1. The molecule has 0 fully saturated rings. The summed E-state index contributed by atoms with van der Waals surface area (Å²) in [4.78, 5) is 0. The molecule has 0 spiro atoms. The highest BCUT2D eigenvalue weighted by Crippen LogP contribution is 2.12. The Labute approximate surface area is 105 Å². The molecule has 15 heavy (non-hydrogen) atoms. The van der Waals surface area contributed by atoms with Crippen LogP contribution in [0.2, 0.25) is 0 Å². The van der Waals surface area contributed by atoms with E-state index < -0.39 is 0 Å². The van der Waals surface area contributed by atoms with E-state index in [1.807, 2.05) is 6.07 Å². The highest BCUT2D eigenvalue weighted by atomic mass is 79.9. The Bertz CT molecular complexity index is 303. The average molecular weight is 291 g/mol. The molecule has 0 aromatic heterocycles. The van der Waals surface area contributed by atoms with Crippen LogP contribution in [0.5, 0.6) is 0 Å². The van der Waals surface area contributed by atoms with Gasteiger partial charge in [0.15, 0.2) is 0 Å². The molecular formula is C12H17BrClN. The van der Waals surface area contributed by atoms with Crippen molar-refractivity contribution in [2.45, 2.75) is 26.4 Å². The van der Waals surface area contributed by atoms with E-state index in [2.05, 4.69) is 53.3 Å². The number of hydrogen-bond acceptors (Lipinski definition) is 1. The Hall–Kier alpha value is -0.0500. The van der Waals surface area contributed by atoms with Gasteiger partial charge in [-0.3, -0.25) is 0 Å². The summed E-state index contributed by atoms with van der Waals surface area (Å²) in [5.74, 6) is 1.20. The zero-order valence-corrected chi connectivity index (χ0v) is 11.5. The van der Waals surface area contributed by atoms with Gasteiger partial charge in [0.25, 0.3) is 0 Å². The maximum absolute atomic E-state index is 5.81.